The second-order valence-corrected chi connectivity index (χ2v) is 7.95. The minimum Gasteiger partial charge on any atom is -0.496 e. The summed E-state index contributed by atoms with van der Waals surface area (Å²) in [5, 5.41) is 11.5. The van der Waals surface area contributed by atoms with Crippen LogP contribution in [0, 0.1) is 25.5 Å². The molecule has 0 saturated heterocycles. The number of aryl methyl sites for hydroxylation is 2. The molecule has 5 rings (SSSR count). The molecule has 170 valence electrons. The van der Waals surface area contributed by atoms with E-state index in [1.165, 1.54) is 7.11 Å². The molecule has 1 aromatic carbocycles. The van der Waals surface area contributed by atoms with E-state index < -0.39 is 11.6 Å². The smallest absolute Gasteiger partial charge is 0.317 e. The second-order valence-electron chi connectivity index (χ2n) is 7.95. The topological polar surface area (TPSA) is 86.5 Å². The summed E-state index contributed by atoms with van der Waals surface area (Å²) in [6.45, 7) is 3.90. The Hall–Kier alpha value is -3.82. The van der Waals surface area contributed by atoms with Crippen molar-refractivity contribution < 1.29 is 18.3 Å². The summed E-state index contributed by atoms with van der Waals surface area (Å²) in [5.41, 5.74) is 4.04. The van der Waals surface area contributed by atoms with Gasteiger partial charge < -0.3 is 14.8 Å². The summed E-state index contributed by atoms with van der Waals surface area (Å²) in [6, 6.07) is 6.11. The van der Waals surface area contributed by atoms with Gasteiger partial charge in [-0.25, -0.2) is 8.78 Å². The van der Waals surface area contributed by atoms with E-state index in [2.05, 4.69) is 25.5 Å². The van der Waals surface area contributed by atoms with Gasteiger partial charge in [-0.2, -0.15) is 9.97 Å². The van der Waals surface area contributed by atoms with Crippen LogP contribution in [-0.2, 0) is 6.54 Å². The van der Waals surface area contributed by atoms with E-state index in [0.717, 1.165) is 47.5 Å². The van der Waals surface area contributed by atoms with Crippen LogP contribution in [0.25, 0.3) is 16.8 Å². The molecule has 0 spiro atoms. The van der Waals surface area contributed by atoms with E-state index in [1.807, 2.05) is 26.0 Å². The Morgan fingerprint density at radius 1 is 1.12 bits per heavy atom. The number of benzene rings is 1. The van der Waals surface area contributed by atoms with Gasteiger partial charge in [-0.3, -0.25) is 4.40 Å². The third-order valence-electron chi connectivity index (χ3n) is 5.56. The number of halogens is 2. The Balaban J connectivity index is 1.48. The zero-order valence-corrected chi connectivity index (χ0v) is 18.4. The quantitative estimate of drug-likeness (QED) is 0.449. The zero-order chi connectivity index (χ0) is 23.1. The molecule has 10 heteroatoms. The fourth-order valence-electron chi connectivity index (χ4n) is 3.83. The van der Waals surface area contributed by atoms with Crippen LogP contribution >= 0.6 is 0 Å². The monoisotopic (exact) mass is 452 g/mol. The average molecular weight is 452 g/mol. The Kier molecular flexibility index (Phi) is 5.27. The first-order valence-corrected chi connectivity index (χ1v) is 10.6. The first kappa shape index (κ1) is 21.0. The molecular weight excluding hydrogens is 430 g/mol. The Morgan fingerprint density at radius 3 is 2.58 bits per heavy atom. The fourth-order valence-corrected chi connectivity index (χ4v) is 3.83. The molecule has 33 heavy (non-hydrogen) atoms. The fraction of sp³-hybridized carbons (Fsp3) is 0.304. The number of anilines is 1. The van der Waals surface area contributed by atoms with Gasteiger partial charge in [0.1, 0.15) is 35.6 Å². The summed E-state index contributed by atoms with van der Waals surface area (Å²) >= 11 is 0. The van der Waals surface area contributed by atoms with Crippen LogP contribution in [0.4, 0.5) is 14.6 Å². The van der Waals surface area contributed by atoms with Crippen molar-refractivity contribution >= 4 is 11.5 Å². The third kappa shape index (κ3) is 4.04. The lowest BCUT2D eigenvalue weighted by atomic mass is 10.0. The van der Waals surface area contributed by atoms with Crippen LogP contribution in [0.1, 0.15) is 29.8 Å². The molecule has 3 aromatic heterocycles. The molecular formula is C23H22F2N6O2. The molecule has 8 nitrogen and oxygen atoms in total. The van der Waals surface area contributed by atoms with Crippen molar-refractivity contribution in [2.24, 2.45) is 0 Å². The highest BCUT2D eigenvalue weighted by Gasteiger charge is 2.26. The van der Waals surface area contributed by atoms with Gasteiger partial charge in [0.2, 0.25) is 0 Å². The van der Waals surface area contributed by atoms with Crippen LogP contribution in [0.5, 0.6) is 11.8 Å². The van der Waals surface area contributed by atoms with Gasteiger partial charge in [-0.05, 0) is 38.8 Å². The SMILES string of the molecule is COc1cc(F)cc(F)c1CNc1ccc(-c2c(C)nc(OC3CC3)nc2C)c2nncn12. The number of methoxy groups -OCH3 is 1. The maximum Gasteiger partial charge on any atom is 0.317 e. The summed E-state index contributed by atoms with van der Waals surface area (Å²) in [6.07, 6.45) is 3.85. The van der Waals surface area contributed by atoms with Crippen molar-refractivity contribution in [1.29, 1.82) is 0 Å². The molecule has 0 aliphatic heterocycles. The number of hydrogen-bond acceptors (Lipinski definition) is 7. The molecule has 1 aliphatic carbocycles. The van der Waals surface area contributed by atoms with E-state index in [4.69, 9.17) is 9.47 Å². The van der Waals surface area contributed by atoms with Gasteiger partial charge in [-0.15, -0.1) is 10.2 Å². The summed E-state index contributed by atoms with van der Waals surface area (Å²) in [4.78, 5) is 9.05. The van der Waals surface area contributed by atoms with Crippen LogP contribution in [0.15, 0.2) is 30.6 Å². The third-order valence-corrected chi connectivity index (χ3v) is 5.56. The summed E-state index contributed by atoms with van der Waals surface area (Å²) < 4.78 is 40.5. The largest absolute Gasteiger partial charge is 0.496 e. The lowest BCUT2D eigenvalue weighted by Gasteiger charge is -2.15. The number of hydrogen-bond donors (Lipinski definition) is 1. The average Bonchev–Trinajstić information content (AvgIpc) is 3.43. The molecule has 0 amide bonds. The molecule has 1 aliphatic rings. The number of ether oxygens (including phenoxy) is 2. The number of nitrogens with zero attached hydrogens (tertiary/aromatic N) is 5. The summed E-state index contributed by atoms with van der Waals surface area (Å²) in [7, 11) is 1.37. The molecule has 0 radical (unpaired) electrons. The Morgan fingerprint density at radius 2 is 1.88 bits per heavy atom. The standard InChI is InChI=1S/C23H22F2N6O2/c1-12-21(13(2)29-23(28-12)33-15-4-5-15)16-6-7-20(31-11-27-30-22(16)31)26-10-17-18(25)8-14(24)9-19(17)32-3/h6-9,11,15,26H,4-5,10H2,1-3H3. The molecule has 0 unspecified atom stereocenters. The first-order chi connectivity index (χ1) is 15.9. The van der Waals surface area contributed by atoms with E-state index >= 15 is 0 Å². The molecule has 0 bridgehead atoms. The highest BCUT2D eigenvalue weighted by molar-refractivity contribution is 5.81. The number of fused-ring (bicyclic) bond motifs is 1. The van der Waals surface area contributed by atoms with Gasteiger partial charge in [0, 0.05) is 35.4 Å². The normalized spacial score (nSPS) is 13.4. The maximum absolute atomic E-state index is 14.3. The van der Waals surface area contributed by atoms with E-state index in [1.54, 1.807) is 10.7 Å². The zero-order valence-electron chi connectivity index (χ0n) is 18.4. The van der Waals surface area contributed by atoms with Gasteiger partial charge in [0.15, 0.2) is 5.65 Å². The van der Waals surface area contributed by atoms with Crippen molar-refractivity contribution in [2.75, 3.05) is 12.4 Å². The predicted octanol–water partition coefficient (Wildman–Crippen LogP) is 4.24. The highest BCUT2D eigenvalue weighted by atomic mass is 19.1. The van der Waals surface area contributed by atoms with Crippen molar-refractivity contribution in [3.63, 3.8) is 0 Å². The van der Waals surface area contributed by atoms with Crippen LogP contribution < -0.4 is 14.8 Å². The number of aromatic nitrogens is 5. The van der Waals surface area contributed by atoms with Crippen molar-refractivity contribution in [2.45, 2.75) is 39.3 Å². The van der Waals surface area contributed by atoms with Crippen LogP contribution in [-0.4, -0.2) is 37.8 Å². The van der Waals surface area contributed by atoms with E-state index in [0.29, 0.717) is 17.5 Å². The van der Waals surface area contributed by atoms with Crippen LogP contribution in [0.3, 0.4) is 0 Å². The Bertz CT molecular complexity index is 1330. The first-order valence-electron chi connectivity index (χ1n) is 10.6. The van der Waals surface area contributed by atoms with Crippen molar-refractivity contribution in [3.05, 3.63) is 59.2 Å². The lowest BCUT2D eigenvalue weighted by Crippen LogP contribution is -2.09. The molecule has 1 N–H and O–H groups in total. The van der Waals surface area contributed by atoms with Gasteiger partial charge in [-0.1, -0.05) is 0 Å². The highest BCUT2D eigenvalue weighted by Crippen LogP contribution is 2.33. The van der Waals surface area contributed by atoms with Gasteiger partial charge in [0.25, 0.3) is 0 Å². The molecule has 1 fully saturated rings. The van der Waals surface area contributed by atoms with E-state index in [9.17, 15) is 8.78 Å². The van der Waals surface area contributed by atoms with Crippen molar-refractivity contribution in [1.82, 2.24) is 24.6 Å². The lowest BCUT2D eigenvalue weighted by molar-refractivity contribution is 0.277. The number of nitrogens with one attached hydrogen (secondary N) is 1. The molecule has 3 heterocycles. The van der Waals surface area contributed by atoms with Gasteiger partial charge >= 0.3 is 6.01 Å². The molecule has 1 saturated carbocycles. The minimum absolute atomic E-state index is 0.0796. The maximum atomic E-state index is 14.3. The number of pyridine rings is 1. The summed E-state index contributed by atoms with van der Waals surface area (Å²) in [5.74, 6) is -0.615. The van der Waals surface area contributed by atoms with Gasteiger partial charge in [0.05, 0.1) is 18.5 Å². The molecule has 4 aromatic rings. The molecule has 0 atom stereocenters. The number of rotatable bonds is 7. The van der Waals surface area contributed by atoms with Crippen molar-refractivity contribution in [3.8, 4) is 22.9 Å². The second kappa shape index (κ2) is 8.27. The Labute approximate surface area is 188 Å². The van der Waals surface area contributed by atoms with E-state index in [-0.39, 0.29) is 24.0 Å². The minimum atomic E-state index is -0.694. The van der Waals surface area contributed by atoms with Crippen LogP contribution in [0.2, 0.25) is 0 Å². The predicted molar refractivity (Wildman–Crippen MR) is 117 cm³/mol.